The maximum absolute atomic E-state index is 12.1. The van der Waals surface area contributed by atoms with E-state index in [0.29, 0.717) is 11.8 Å². The first-order valence-electron chi connectivity index (χ1n) is 7.08. The molecule has 0 atom stereocenters. The van der Waals surface area contributed by atoms with Crippen molar-refractivity contribution < 1.29 is 4.79 Å². The van der Waals surface area contributed by atoms with Crippen LogP contribution in [0, 0.1) is 5.92 Å². The Bertz CT molecular complexity index is 440. The van der Waals surface area contributed by atoms with Crippen LogP contribution in [0.3, 0.4) is 0 Å². The second-order valence-electron chi connectivity index (χ2n) is 5.68. The highest BCUT2D eigenvalue weighted by Gasteiger charge is 2.24. The number of hydrogen-bond donors (Lipinski definition) is 0. The Labute approximate surface area is 120 Å². The SMILES string of the molecule is CC(C)c1cccc(N(CC2CCC2)C(=O)CCl)c1. The van der Waals surface area contributed by atoms with Gasteiger partial charge >= 0.3 is 0 Å². The summed E-state index contributed by atoms with van der Waals surface area (Å²) in [4.78, 5) is 13.9. The highest BCUT2D eigenvalue weighted by atomic mass is 35.5. The molecule has 104 valence electrons. The van der Waals surface area contributed by atoms with Crippen molar-refractivity contribution in [2.75, 3.05) is 17.3 Å². The van der Waals surface area contributed by atoms with Gasteiger partial charge in [0, 0.05) is 12.2 Å². The molecular formula is C16H22ClNO. The molecule has 0 heterocycles. The molecule has 1 aliphatic carbocycles. The smallest absolute Gasteiger partial charge is 0.241 e. The second kappa shape index (κ2) is 6.42. The van der Waals surface area contributed by atoms with Crippen LogP contribution in [0.1, 0.15) is 44.6 Å². The van der Waals surface area contributed by atoms with Crippen molar-refractivity contribution in [3.8, 4) is 0 Å². The van der Waals surface area contributed by atoms with Crippen LogP contribution in [-0.2, 0) is 4.79 Å². The van der Waals surface area contributed by atoms with Gasteiger partial charge in [-0.1, -0.05) is 32.4 Å². The molecule has 0 spiro atoms. The third kappa shape index (κ3) is 3.50. The summed E-state index contributed by atoms with van der Waals surface area (Å²) in [6.07, 6.45) is 3.76. The summed E-state index contributed by atoms with van der Waals surface area (Å²) in [5.41, 5.74) is 2.25. The first-order chi connectivity index (χ1) is 9.11. The maximum Gasteiger partial charge on any atom is 0.241 e. The van der Waals surface area contributed by atoms with Gasteiger partial charge in [0.1, 0.15) is 5.88 Å². The summed E-state index contributed by atoms with van der Waals surface area (Å²) >= 11 is 5.75. The van der Waals surface area contributed by atoms with Gasteiger partial charge in [0.15, 0.2) is 0 Å². The summed E-state index contributed by atoms with van der Waals surface area (Å²) in [5, 5.41) is 0. The van der Waals surface area contributed by atoms with E-state index >= 15 is 0 Å². The molecule has 0 saturated heterocycles. The summed E-state index contributed by atoms with van der Waals surface area (Å²) in [6.45, 7) is 5.14. The summed E-state index contributed by atoms with van der Waals surface area (Å²) in [6, 6.07) is 8.27. The molecule has 0 N–H and O–H groups in total. The molecule has 1 saturated carbocycles. The Kier molecular flexibility index (Phi) is 4.87. The second-order valence-corrected chi connectivity index (χ2v) is 5.95. The van der Waals surface area contributed by atoms with Crippen molar-refractivity contribution in [1.82, 2.24) is 0 Å². The average molecular weight is 280 g/mol. The number of nitrogens with zero attached hydrogens (tertiary/aromatic N) is 1. The van der Waals surface area contributed by atoms with Gasteiger partial charge in [-0.3, -0.25) is 4.79 Å². The third-order valence-corrected chi connectivity index (χ3v) is 4.16. The predicted molar refractivity (Wildman–Crippen MR) is 80.9 cm³/mol. The van der Waals surface area contributed by atoms with E-state index in [4.69, 9.17) is 11.6 Å². The first-order valence-corrected chi connectivity index (χ1v) is 7.61. The molecule has 3 heteroatoms. The molecule has 1 aromatic rings. The van der Waals surface area contributed by atoms with Gasteiger partial charge in [-0.2, -0.15) is 0 Å². The van der Waals surface area contributed by atoms with E-state index in [9.17, 15) is 4.79 Å². The Morgan fingerprint density at radius 3 is 2.68 bits per heavy atom. The molecule has 0 aliphatic heterocycles. The largest absolute Gasteiger partial charge is 0.311 e. The molecule has 2 rings (SSSR count). The summed E-state index contributed by atoms with van der Waals surface area (Å²) in [7, 11) is 0. The molecule has 19 heavy (non-hydrogen) atoms. The highest BCUT2D eigenvalue weighted by molar-refractivity contribution is 6.29. The first kappa shape index (κ1) is 14.4. The molecular weight excluding hydrogens is 258 g/mol. The van der Waals surface area contributed by atoms with Gasteiger partial charge in [0.05, 0.1) is 0 Å². The summed E-state index contributed by atoms with van der Waals surface area (Å²) < 4.78 is 0. The number of rotatable bonds is 5. The van der Waals surface area contributed by atoms with E-state index in [-0.39, 0.29) is 11.8 Å². The lowest BCUT2D eigenvalue weighted by molar-refractivity contribution is -0.116. The monoisotopic (exact) mass is 279 g/mol. The summed E-state index contributed by atoms with van der Waals surface area (Å²) in [5.74, 6) is 1.18. The average Bonchev–Trinajstić information content (AvgIpc) is 2.37. The topological polar surface area (TPSA) is 20.3 Å². The fourth-order valence-electron chi connectivity index (χ4n) is 2.41. The van der Waals surface area contributed by atoms with Crippen LogP contribution in [0.4, 0.5) is 5.69 Å². The lowest BCUT2D eigenvalue weighted by atomic mass is 9.85. The van der Waals surface area contributed by atoms with Gasteiger partial charge in [0.25, 0.3) is 0 Å². The minimum atomic E-state index is 0.00877. The Morgan fingerprint density at radius 2 is 2.16 bits per heavy atom. The molecule has 1 aromatic carbocycles. The molecule has 0 radical (unpaired) electrons. The molecule has 0 aromatic heterocycles. The molecule has 1 amide bonds. The minimum absolute atomic E-state index is 0.00877. The third-order valence-electron chi connectivity index (χ3n) is 3.93. The molecule has 0 bridgehead atoms. The van der Waals surface area contributed by atoms with E-state index < -0.39 is 0 Å². The highest BCUT2D eigenvalue weighted by Crippen LogP contribution is 2.30. The molecule has 1 aliphatic rings. The number of amides is 1. The van der Waals surface area contributed by atoms with Crippen molar-refractivity contribution in [1.29, 1.82) is 0 Å². The quantitative estimate of drug-likeness (QED) is 0.741. The van der Waals surface area contributed by atoms with E-state index in [0.717, 1.165) is 12.2 Å². The maximum atomic E-state index is 12.1. The fraction of sp³-hybridized carbons (Fsp3) is 0.562. The normalized spacial score (nSPS) is 15.4. The number of hydrogen-bond acceptors (Lipinski definition) is 1. The van der Waals surface area contributed by atoms with Gasteiger partial charge in [-0.25, -0.2) is 0 Å². The van der Waals surface area contributed by atoms with Crippen LogP contribution in [-0.4, -0.2) is 18.3 Å². The van der Waals surface area contributed by atoms with Crippen LogP contribution in [0.2, 0.25) is 0 Å². The minimum Gasteiger partial charge on any atom is -0.311 e. The van der Waals surface area contributed by atoms with Crippen molar-refractivity contribution >= 4 is 23.2 Å². The van der Waals surface area contributed by atoms with Crippen LogP contribution in [0.25, 0.3) is 0 Å². The number of anilines is 1. The van der Waals surface area contributed by atoms with Crippen molar-refractivity contribution in [2.45, 2.75) is 39.0 Å². The zero-order chi connectivity index (χ0) is 13.8. The van der Waals surface area contributed by atoms with Crippen LogP contribution in [0.15, 0.2) is 24.3 Å². The van der Waals surface area contributed by atoms with E-state index in [1.807, 2.05) is 17.0 Å². The number of carbonyl (C=O) groups excluding carboxylic acids is 1. The van der Waals surface area contributed by atoms with E-state index in [1.54, 1.807) is 0 Å². The Morgan fingerprint density at radius 1 is 1.42 bits per heavy atom. The Balaban J connectivity index is 2.20. The van der Waals surface area contributed by atoms with Crippen molar-refractivity contribution in [3.63, 3.8) is 0 Å². The standard InChI is InChI=1S/C16H22ClNO/c1-12(2)14-7-4-8-15(9-14)18(16(19)10-17)11-13-5-3-6-13/h4,7-9,12-13H,3,5-6,10-11H2,1-2H3. The van der Waals surface area contributed by atoms with Gasteiger partial charge in [0.2, 0.25) is 5.91 Å². The zero-order valence-electron chi connectivity index (χ0n) is 11.7. The zero-order valence-corrected chi connectivity index (χ0v) is 12.5. The fourth-order valence-corrected chi connectivity index (χ4v) is 2.55. The Hall–Kier alpha value is -1.02. The van der Waals surface area contributed by atoms with Gasteiger partial charge in [-0.15, -0.1) is 11.6 Å². The lowest BCUT2D eigenvalue weighted by Crippen LogP contribution is -2.38. The van der Waals surface area contributed by atoms with E-state index in [2.05, 4.69) is 26.0 Å². The van der Waals surface area contributed by atoms with E-state index in [1.165, 1.54) is 24.8 Å². The lowest BCUT2D eigenvalue weighted by Gasteiger charge is -2.32. The molecule has 2 nitrogen and oxygen atoms in total. The van der Waals surface area contributed by atoms with Crippen LogP contribution >= 0.6 is 11.6 Å². The number of benzene rings is 1. The predicted octanol–water partition coefficient (Wildman–Crippen LogP) is 4.18. The number of halogens is 1. The van der Waals surface area contributed by atoms with Gasteiger partial charge in [-0.05, 0) is 42.4 Å². The molecule has 0 unspecified atom stereocenters. The van der Waals surface area contributed by atoms with Gasteiger partial charge < -0.3 is 4.90 Å². The number of alkyl halides is 1. The van der Waals surface area contributed by atoms with Crippen LogP contribution in [0.5, 0.6) is 0 Å². The van der Waals surface area contributed by atoms with Crippen molar-refractivity contribution in [2.24, 2.45) is 5.92 Å². The van der Waals surface area contributed by atoms with Crippen LogP contribution < -0.4 is 4.90 Å². The number of carbonyl (C=O) groups is 1. The molecule has 1 fully saturated rings. The van der Waals surface area contributed by atoms with Crippen molar-refractivity contribution in [3.05, 3.63) is 29.8 Å².